The molecule has 1 aromatic heterocycles. The lowest BCUT2D eigenvalue weighted by Gasteiger charge is -2.25. The fraction of sp³-hybridized carbons (Fsp3) is 0.273. The van der Waals surface area contributed by atoms with Gasteiger partial charge in [0.05, 0.1) is 28.7 Å². The lowest BCUT2D eigenvalue weighted by molar-refractivity contribution is -0.168. The molecule has 172 valence electrons. The van der Waals surface area contributed by atoms with E-state index in [0.717, 1.165) is 18.2 Å². The first-order valence-electron chi connectivity index (χ1n) is 9.65. The topological polar surface area (TPSA) is 49.0 Å². The molecule has 1 fully saturated rings. The van der Waals surface area contributed by atoms with Crippen molar-refractivity contribution < 1.29 is 30.7 Å². The highest BCUT2D eigenvalue weighted by Gasteiger charge is 2.62. The van der Waals surface area contributed by atoms with Crippen molar-refractivity contribution in [3.63, 3.8) is 0 Å². The highest BCUT2D eigenvalue weighted by molar-refractivity contribution is 5.92. The number of hydrogen-bond donors (Lipinski definition) is 1. The summed E-state index contributed by atoms with van der Waals surface area (Å²) < 4.78 is 96.0. The van der Waals surface area contributed by atoms with Gasteiger partial charge < -0.3 is 9.88 Å². The molecule has 3 aromatic rings. The molecule has 4 nitrogen and oxygen atoms in total. The molecule has 0 radical (unpaired) electrons. The molecular formula is C22H14F7N3O. The lowest BCUT2D eigenvalue weighted by Crippen LogP contribution is -2.28. The zero-order valence-corrected chi connectivity index (χ0v) is 16.6. The first-order chi connectivity index (χ1) is 15.5. The van der Waals surface area contributed by atoms with Gasteiger partial charge in [-0.25, -0.2) is 22.4 Å². The van der Waals surface area contributed by atoms with E-state index < -0.39 is 59.0 Å². The summed E-state index contributed by atoms with van der Waals surface area (Å²) in [6.45, 7) is -1.17. The number of halogens is 7. The van der Waals surface area contributed by atoms with Gasteiger partial charge in [-0.3, -0.25) is 0 Å². The number of aromatic nitrogens is 2. The van der Waals surface area contributed by atoms with Crippen molar-refractivity contribution in [2.75, 3.05) is 11.4 Å². The molecule has 2 aromatic carbocycles. The second-order valence-electron chi connectivity index (χ2n) is 7.50. The molecule has 1 aliphatic rings. The Morgan fingerprint density at radius 3 is 2.45 bits per heavy atom. The highest BCUT2D eigenvalue weighted by atomic mass is 19.4. The van der Waals surface area contributed by atoms with E-state index in [1.54, 1.807) is 0 Å². The van der Waals surface area contributed by atoms with Crippen LogP contribution in [0.25, 0.3) is 10.9 Å². The second-order valence-corrected chi connectivity index (χ2v) is 7.50. The van der Waals surface area contributed by atoms with Crippen LogP contribution in [0.4, 0.5) is 42.2 Å². The number of nitrogens with one attached hydrogen (secondary N) is 1. The lowest BCUT2D eigenvalue weighted by atomic mass is 10.1. The van der Waals surface area contributed by atoms with Crippen LogP contribution in [-0.4, -0.2) is 29.1 Å². The normalized spacial score (nSPS) is 14.8. The van der Waals surface area contributed by atoms with Gasteiger partial charge in [0.2, 0.25) is 0 Å². The minimum Gasteiger partial charge on any atom is -0.317 e. The van der Waals surface area contributed by atoms with Gasteiger partial charge in [-0.15, -0.1) is 0 Å². The van der Waals surface area contributed by atoms with Gasteiger partial charge in [-0.1, -0.05) is 24.0 Å². The van der Waals surface area contributed by atoms with Crippen LogP contribution < -0.4 is 10.6 Å². The molecule has 1 heterocycles. The maximum Gasteiger partial charge on any atom is 0.405 e. The summed E-state index contributed by atoms with van der Waals surface area (Å²) in [7, 11) is 0. The molecule has 0 unspecified atom stereocenters. The number of anilines is 2. The van der Waals surface area contributed by atoms with Crippen molar-refractivity contribution in [3.05, 3.63) is 64.1 Å². The van der Waals surface area contributed by atoms with E-state index >= 15 is 4.39 Å². The summed E-state index contributed by atoms with van der Waals surface area (Å²) in [6.07, 6.45) is -8.07. The maximum absolute atomic E-state index is 15.3. The van der Waals surface area contributed by atoms with Gasteiger partial charge in [0.15, 0.2) is 11.6 Å². The van der Waals surface area contributed by atoms with Crippen LogP contribution in [0.5, 0.6) is 0 Å². The first kappa shape index (κ1) is 22.6. The Kier molecular flexibility index (Phi) is 5.56. The minimum atomic E-state index is -4.58. The smallest absolute Gasteiger partial charge is 0.317 e. The molecule has 1 saturated carbocycles. The Bertz CT molecular complexity index is 1330. The molecule has 33 heavy (non-hydrogen) atoms. The SMILES string of the molecule is O=c1nc(N(CC(F)F)c2cccc(C#CC3(C(F)(F)F)CC3)c2F)c2c(F)cccc2[nH]1. The van der Waals surface area contributed by atoms with Gasteiger partial charge in [-0.05, 0) is 37.1 Å². The fourth-order valence-electron chi connectivity index (χ4n) is 3.40. The van der Waals surface area contributed by atoms with Crippen molar-refractivity contribution in [2.45, 2.75) is 25.4 Å². The van der Waals surface area contributed by atoms with E-state index in [1.165, 1.54) is 18.2 Å². The van der Waals surface area contributed by atoms with Crippen molar-refractivity contribution >= 4 is 22.4 Å². The van der Waals surface area contributed by atoms with E-state index in [4.69, 9.17) is 0 Å². The average molecular weight is 469 g/mol. The molecule has 0 atom stereocenters. The zero-order valence-electron chi connectivity index (χ0n) is 16.6. The number of H-pyrrole nitrogens is 1. The van der Waals surface area contributed by atoms with Crippen LogP contribution in [0.2, 0.25) is 0 Å². The van der Waals surface area contributed by atoms with Crippen molar-refractivity contribution in [3.8, 4) is 11.8 Å². The number of aromatic amines is 1. The number of nitrogens with zero attached hydrogens (tertiary/aromatic N) is 2. The van der Waals surface area contributed by atoms with Gasteiger partial charge in [0.1, 0.15) is 11.2 Å². The zero-order chi connectivity index (χ0) is 24.0. The Labute approximate surface area is 182 Å². The summed E-state index contributed by atoms with van der Waals surface area (Å²) in [6, 6.07) is 6.98. The van der Waals surface area contributed by atoms with Crippen molar-refractivity contribution in [1.82, 2.24) is 9.97 Å². The monoisotopic (exact) mass is 469 g/mol. The fourth-order valence-corrected chi connectivity index (χ4v) is 3.40. The quantitative estimate of drug-likeness (QED) is 0.417. The highest BCUT2D eigenvalue weighted by Crippen LogP contribution is 2.57. The van der Waals surface area contributed by atoms with Crippen LogP contribution >= 0.6 is 0 Å². The molecule has 0 spiro atoms. The average Bonchev–Trinajstić information content (AvgIpc) is 3.52. The third-order valence-corrected chi connectivity index (χ3v) is 5.26. The molecule has 1 aliphatic carbocycles. The molecule has 4 rings (SSSR count). The number of alkyl halides is 5. The van der Waals surface area contributed by atoms with E-state index in [2.05, 4.69) is 15.9 Å². The summed E-state index contributed by atoms with van der Waals surface area (Å²) >= 11 is 0. The van der Waals surface area contributed by atoms with Crippen molar-refractivity contribution in [2.24, 2.45) is 5.41 Å². The van der Waals surface area contributed by atoms with Crippen LogP contribution in [0.15, 0.2) is 41.2 Å². The number of fused-ring (bicyclic) bond motifs is 1. The summed E-state index contributed by atoms with van der Waals surface area (Å²) in [5.74, 6) is 1.55. The van der Waals surface area contributed by atoms with Crippen LogP contribution in [0.3, 0.4) is 0 Å². The molecule has 0 bridgehead atoms. The number of benzene rings is 2. The Balaban J connectivity index is 1.87. The van der Waals surface area contributed by atoms with Crippen molar-refractivity contribution in [1.29, 1.82) is 0 Å². The Hall–Kier alpha value is -3.55. The maximum atomic E-state index is 15.3. The third kappa shape index (κ3) is 4.25. The van der Waals surface area contributed by atoms with Crippen LogP contribution in [-0.2, 0) is 0 Å². The Morgan fingerprint density at radius 2 is 1.82 bits per heavy atom. The van der Waals surface area contributed by atoms with Crippen LogP contribution in [0, 0.1) is 28.9 Å². The summed E-state index contributed by atoms with van der Waals surface area (Å²) in [5, 5.41) is -0.331. The minimum absolute atomic E-state index is 0.0542. The van der Waals surface area contributed by atoms with E-state index in [9.17, 15) is 31.1 Å². The van der Waals surface area contributed by atoms with Crippen LogP contribution in [0.1, 0.15) is 18.4 Å². The summed E-state index contributed by atoms with van der Waals surface area (Å²) in [5.41, 5.74) is -4.26. The number of rotatable bonds is 4. The van der Waals surface area contributed by atoms with E-state index in [1.807, 2.05) is 5.92 Å². The van der Waals surface area contributed by atoms with Gasteiger partial charge in [-0.2, -0.15) is 18.2 Å². The molecular weight excluding hydrogens is 455 g/mol. The van der Waals surface area contributed by atoms with Gasteiger partial charge >= 0.3 is 11.9 Å². The molecule has 11 heteroatoms. The first-order valence-corrected chi connectivity index (χ1v) is 9.65. The van der Waals surface area contributed by atoms with E-state index in [-0.39, 0.29) is 23.7 Å². The molecule has 0 amide bonds. The molecule has 0 saturated heterocycles. The predicted octanol–water partition coefficient (Wildman–Crippen LogP) is 5.30. The van der Waals surface area contributed by atoms with Gasteiger partial charge in [0.25, 0.3) is 6.43 Å². The Morgan fingerprint density at radius 1 is 1.12 bits per heavy atom. The predicted molar refractivity (Wildman–Crippen MR) is 106 cm³/mol. The second kappa shape index (κ2) is 8.10. The largest absolute Gasteiger partial charge is 0.405 e. The van der Waals surface area contributed by atoms with Gasteiger partial charge in [0, 0.05) is 0 Å². The summed E-state index contributed by atoms with van der Waals surface area (Å²) in [4.78, 5) is 18.4. The number of hydrogen-bond acceptors (Lipinski definition) is 3. The molecule has 1 N–H and O–H groups in total. The molecule has 0 aliphatic heterocycles. The third-order valence-electron chi connectivity index (χ3n) is 5.26. The standard InChI is InChI=1S/C22H14F7N3O/c23-13-4-2-5-14-17(13)19(31-20(33)30-14)32(11-16(24)25)15-6-1-3-12(18(15)26)7-8-21(9-10-21)22(27,28)29/h1-6,16H,9-11H2,(H,30,31,33). The van der Waals surface area contributed by atoms with E-state index in [0.29, 0.717) is 4.90 Å².